The van der Waals surface area contributed by atoms with E-state index in [0.29, 0.717) is 25.5 Å². The van der Waals surface area contributed by atoms with Gasteiger partial charge in [-0.3, -0.25) is 0 Å². The first-order chi connectivity index (χ1) is 12.9. The lowest BCUT2D eigenvalue weighted by molar-refractivity contribution is 0.0222. The van der Waals surface area contributed by atoms with Crippen LogP contribution in [0, 0.1) is 0 Å². The Bertz CT molecular complexity index is 989. The van der Waals surface area contributed by atoms with Crippen LogP contribution in [0.2, 0.25) is 0 Å². The van der Waals surface area contributed by atoms with Crippen LogP contribution < -0.4 is 5.32 Å². The summed E-state index contributed by atoms with van der Waals surface area (Å²) in [6.45, 7) is 6.67. The van der Waals surface area contributed by atoms with Crippen LogP contribution in [0.5, 0.6) is 0 Å². The number of aromatic nitrogens is 3. The molecule has 1 aromatic carbocycles. The van der Waals surface area contributed by atoms with E-state index in [1.807, 2.05) is 45.2 Å². The molecule has 0 atom stereocenters. The number of hydrogen-bond donors (Lipinski definition) is 2. The molecule has 2 N–H and O–H groups in total. The molecular formula is C20H23N5O2. The maximum Gasteiger partial charge on any atom is 0.410 e. The van der Waals surface area contributed by atoms with Crippen LogP contribution in [0.4, 0.5) is 16.4 Å². The minimum Gasteiger partial charge on any atom is -0.444 e. The number of benzene rings is 1. The molecule has 140 valence electrons. The largest absolute Gasteiger partial charge is 0.444 e. The predicted octanol–water partition coefficient (Wildman–Crippen LogP) is 3.99. The van der Waals surface area contributed by atoms with Crippen LogP contribution in [0.1, 0.15) is 32.0 Å². The van der Waals surface area contributed by atoms with Gasteiger partial charge in [0, 0.05) is 47.5 Å². The molecule has 7 nitrogen and oxygen atoms in total. The van der Waals surface area contributed by atoms with Crippen LogP contribution in [0.15, 0.2) is 36.7 Å². The van der Waals surface area contributed by atoms with E-state index in [9.17, 15) is 4.79 Å². The molecular weight excluding hydrogens is 342 g/mol. The van der Waals surface area contributed by atoms with E-state index < -0.39 is 5.60 Å². The number of rotatable bonds is 2. The highest BCUT2D eigenvalue weighted by molar-refractivity contribution is 5.83. The van der Waals surface area contributed by atoms with Gasteiger partial charge in [0.2, 0.25) is 5.95 Å². The van der Waals surface area contributed by atoms with Crippen molar-refractivity contribution in [2.45, 2.75) is 39.3 Å². The van der Waals surface area contributed by atoms with Crippen molar-refractivity contribution in [3.8, 4) is 0 Å². The fourth-order valence-corrected chi connectivity index (χ4v) is 3.12. The Morgan fingerprint density at radius 1 is 1.30 bits per heavy atom. The number of H-pyrrole nitrogens is 1. The number of nitrogens with one attached hydrogen (secondary N) is 2. The van der Waals surface area contributed by atoms with Gasteiger partial charge in [0.1, 0.15) is 5.60 Å². The summed E-state index contributed by atoms with van der Waals surface area (Å²) >= 11 is 0. The van der Waals surface area contributed by atoms with Crippen molar-refractivity contribution in [2.75, 3.05) is 11.9 Å². The Morgan fingerprint density at radius 2 is 2.15 bits per heavy atom. The van der Waals surface area contributed by atoms with Gasteiger partial charge in [-0.1, -0.05) is 0 Å². The molecule has 1 aliphatic rings. The van der Waals surface area contributed by atoms with E-state index >= 15 is 0 Å². The maximum absolute atomic E-state index is 12.3. The second-order valence-corrected chi connectivity index (χ2v) is 7.72. The maximum atomic E-state index is 12.3. The molecule has 0 saturated heterocycles. The molecule has 0 bridgehead atoms. The minimum atomic E-state index is -0.498. The van der Waals surface area contributed by atoms with Crippen molar-refractivity contribution in [3.63, 3.8) is 0 Å². The molecule has 0 radical (unpaired) electrons. The lowest BCUT2D eigenvalue weighted by Gasteiger charge is -2.30. The summed E-state index contributed by atoms with van der Waals surface area (Å²) in [5.74, 6) is 0.564. The van der Waals surface area contributed by atoms with E-state index in [4.69, 9.17) is 4.74 Å². The molecule has 27 heavy (non-hydrogen) atoms. The standard InChI is InChI=1S/C20H23N5O2/c1-20(2,3)27-19(26)25-9-7-17-14(12-25)11-22-18(24-17)23-15-4-5-16-13(10-15)6-8-21-16/h4-6,8,10-11,21H,7,9,12H2,1-3H3,(H,22,23,24). The highest BCUT2D eigenvalue weighted by atomic mass is 16.6. The van der Waals surface area contributed by atoms with Crippen LogP contribution in [0.3, 0.4) is 0 Å². The van der Waals surface area contributed by atoms with Crippen molar-refractivity contribution in [1.29, 1.82) is 0 Å². The SMILES string of the molecule is CC(C)(C)OC(=O)N1CCc2nc(Nc3ccc4[nH]ccc4c3)ncc2C1. The second-order valence-electron chi connectivity index (χ2n) is 7.72. The molecule has 4 rings (SSSR count). The summed E-state index contributed by atoms with van der Waals surface area (Å²) in [4.78, 5) is 26.2. The van der Waals surface area contributed by atoms with E-state index in [1.54, 1.807) is 11.1 Å². The summed E-state index contributed by atoms with van der Waals surface area (Å²) in [5.41, 5.74) is 3.46. The van der Waals surface area contributed by atoms with E-state index in [2.05, 4.69) is 26.3 Å². The van der Waals surface area contributed by atoms with Gasteiger partial charge in [-0.2, -0.15) is 0 Å². The molecule has 1 amide bonds. The average Bonchev–Trinajstić information content (AvgIpc) is 3.07. The highest BCUT2D eigenvalue weighted by Crippen LogP contribution is 2.23. The monoisotopic (exact) mass is 365 g/mol. The summed E-state index contributed by atoms with van der Waals surface area (Å²) in [7, 11) is 0. The number of hydrogen-bond acceptors (Lipinski definition) is 5. The molecule has 0 spiro atoms. The molecule has 0 saturated carbocycles. The molecule has 7 heteroatoms. The van der Waals surface area contributed by atoms with Crippen LogP contribution in [-0.4, -0.2) is 38.1 Å². The molecule has 0 fully saturated rings. The first-order valence-electron chi connectivity index (χ1n) is 9.04. The van der Waals surface area contributed by atoms with Crippen molar-refractivity contribution in [2.24, 2.45) is 0 Å². The van der Waals surface area contributed by atoms with Gasteiger partial charge in [0.05, 0.1) is 12.2 Å². The third-order valence-electron chi connectivity index (χ3n) is 4.40. The Kier molecular flexibility index (Phi) is 4.22. The number of amides is 1. The van der Waals surface area contributed by atoms with Crippen molar-refractivity contribution in [3.05, 3.63) is 47.9 Å². The van der Waals surface area contributed by atoms with Gasteiger partial charge < -0.3 is 19.9 Å². The second kappa shape index (κ2) is 6.57. The van der Waals surface area contributed by atoms with Gasteiger partial charge in [0.25, 0.3) is 0 Å². The van der Waals surface area contributed by atoms with E-state index in [-0.39, 0.29) is 6.09 Å². The third-order valence-corrected chi connectivity index (χ3v) is 4.40. The lowest BCUT2D eigenvalue weighted by Crippen LogP contribution is -2.40. The van der Waals surface area contributed by atoms with Crippen LogP contribution >= 0.6 is 0 Å². The summed E-state index contributed by atoms with van der Waals surface area (Å²) in [6, 6.07) is 8.10. The van der Waals surface area contributed by atoms with Gasteiger partial charge in [-0.05, 0) is 45.0 Å². The summed E-state index contributed by atoms with van der Waals surface area (Å²) < 4.78 is 5.45. The number of nitrogens with zero attached hydrogens (tertiary/aromatic N) is 3. The topological polar surface area (TPSA) is 83.1 Å². The molecule has 1 aliphatic heterocycles. The van der Waals surface area contributed by atoms with Gasteiger partial charge >= 0.3 is 6.09 Å². The smallest absolute Gasteiger partial charge is 0.410 e. The number of fused-ring (bicyclic) bond motifs is 2. The van der Waals surface area contributed by atoms with Crippen LogP contribution in [-0.2, 0) is 17.7 Å². The zero-order valence-corrected chi connectivity index (χ0v) is 15.7. The van der Waals surface area contributed by atoms with Crippen LogP contribution in [0.25, 0.3) is 10.9 Å². The van der Waals surface area contributed by atoms with Gasteiger partial charge in [0.15, 0.2) is 0 Å². The zero-order chi connectivity index (χ0) is 19.0. The Balaban J connectivity index is 1.47. The number of carbonyl (C=O) groups excluding carboxylic acids is 1. The number of aromatic amines is 1. The van der Waals surface area contributed by atoms with Gasteiger partial charge in [-0.15, -0.1) is 0 Å². The molecule has 3 aromatic rings. The molecule has 0 unspecified atom stereocenters. The zero-order valence-electron chi connectivity index (χ0n) is 15.7. The van der Waals surface area contributed by atoms with Gasteiger partial charge in [-0.25, -0.2) is 14.8 Å². The Hall–Kier alpha value is -3.09. The molecule has 3 heterocycles. The minimum absolute atomic E-state index is 0.296. The van der Waals surface area contributed by atoms with Crippen molar-refractivity contribution in [1.82, 2.24) is 19.9 Å². The average molecular weight is 365 g/mol. The number of anilines is 2. The quantitative estimate of drug-likeness (QED) is 0.717. The predicted molar refractivity (Wildman–Crippen MR) is 104 cm³/mol. The highest BCUT2D eigenvalue weighted by Gasteiger charge is 2.26. The van der Waals surface area contributed by atoms with Crippen molar-refractivity contribution < 1.29 is 9.53 Å². The normalized spacial score (nSPS) is 14.1. The molecule has 2 aromatic heterocycles. The summed E-state index contributed by atoms with van der Waals surface area (Å²) in [6.07, 6.45) is 4.09. The Morgan fingerprint density at radius 3 is 2.96 bits per heavy atom. The first kappa shape index (κ1) is 17.3. The number of ether oxygens (including phenoxy) is 1. The lowest BCUT2D eigenvalue weighted by atomic mass is 10.1. The summed E-state index contributed by atoms with van der Waals surface area (Å²) in [5, 5.41) is 4.39. The first-order valence-corrected chi connectivity index (χ1v) is 9.04. The fourth-order valence-electron chi connectivity index (χ4n) is 3.12. The number of carbonyl (C=O) groups is 1. The van der Waals surface area contributed by atoms with Crippen molar-refractivity contribution >= 4 is 28.6 Å². The van der Waals surface area contributed by atoms with E-state index in [0.717, 1.165) is 27.8 Å². The Labute approximate surface area is 157 Å². The fraction of sp³-hybridized carbons (Fsp3) is 0.350. The third kappa shape index (κ3) is 3.86. The van der Waals surface area contributed by atoms with E-state index in [1.165, 1.54) is 0 Å². The molecule has 0 aliphatic carbocycles.